The Labute approximate surface area is 102 Å². The molecule has 0 atom stereocenters. The molecule has 3 nitrogen and oxygen atoms in total. The van der Waals surface area contributed by atoms with Gasteiger partial charge < -0.3 is 5.21 Å². The Morgan fingerprint density at radius 2 is 1.56 bits per heavy atom. The van der Waals surface area contributed by atoms with Crippen molar-refractivity contribution in [2.45, 2.75) is 0 Å². The van der Waals surface area contributed by atoms with Crippen LogP contribution in [0.5, 0.6) is 0 Å². The predicted molar refractivity (Wildman–Crippen MR) is 65.8 cm³/mol. The van der Waals surface area contributed by atoms with E-state index in [4.69, 9.17) is 5.21 Å². The van der Waals surface area contributed by atoms with Crippen LogP contribution in [0, 0.1) is 0 Å². The van der Waals surface area contributed by atoms with E-state index in [-0.39, 0.29) is 0 Å². The highest BCUT2D eigenvalue weighted by Crippen LogP contribution is 2.14. The van der Waals surface area contributed by atoms with Crippen molar-refractivity contribution < 1.29 is 5.21 Å². The van der Waals surface area contributed by atoms with Crippen LogP contribution >= 0.6 is 15.9 Å². The van der Waals surface area contributed by atoms with E-state index >= 15 is 0 Å². The minimum Gasteiger partial charge on any atom is -0.410 e. The molecule has 0 saturated carbocycles. The van der Waals surface area contributed by atoms with Crippen LogP contribution in [0.3, 0.4) is 0 Å². The van der Waals surface area contributed by atoms with Crippen LogP contribution in [0.4, 0.5) is 0 Å². The largest absolute Gasteiger partial charge is 0.410 e. The van der Waals surface area contributed by atoms with Crippen LogP contribution in [0.1, 0.15) is 11.1 Å². The SMILES string of the molecule is O/N=C(/c1ccncc1)c1ccc(Br)cc1. The summed E-state index contributed by atoms with van der Waals surface area (Å²) in [7, 11) is 0. The highest BCUT2D eigenvalue weighted by atomic mass is 79.9. The number of oxime groups is 1. The van der Waals surface area contributed by atoms with Crippen molar-refractivity contribution in [2.75, 3.05) is 0 Å². The van der Waals surface area contributed by atoms with Crippen LogP contribution in [-0.2, 0) is 0 Å². The first-order chi connectivity index (χ1) is 7.81. The van der Waals surface area contributed by atoms with Crippen molar-refractivity contribution in [2.24, 2.45) is 5.16 Å². The number of hydrogen-bond acceptors (Lipinski definition) is 3. The second-order valence-corrected chi connectivity index (χ2v) is 4.11. The fourth-order valence-corrected chi connectivity index (χ4v) is 1.66. The maximum Gasteiger partial charge on any atom is 0.117 e. The molecular formula is C12H9BrN2O. The Hall–Kier alpha value is -1.68. The van der Waals surface area contributed by atoms with E-state index in [0.29, 0.717) is 5.71 Å². The van der Waals surface area contributed by atoms with Crippen molar-refractivity contribution in [3.05, 3.63) is 64.4 Å². The molecule has 0 amide bonds. The van der Waals surface area contributed by atoms with Crippen LogP contribution in [0.25, 0.3) is 0 Å². The van der Waals surface area contributed by atoms with Gasteiger partial charge in [-0.05, 0) is 24.3 Å². The molecule has 0 saturated heterocycles. The summed E-state index contributed by atoms with van der Waals surface area (Å²) in [5, 5.41) is 12.4. The molecule has 80 valence electrons. The number of rotatable bonds is 2. The first-order valence-electron chi connectivity index (χ1n) is 4.69. The van der Waals surface area contributed by atoms with Gasteiger partial charge in [-0.25, -0.2) is 0 Å². The quantitative estimate of drug-likeness (QED) is 0.521. The summed E-state index contributed by atoms with van der Waals surface area (Å²) < 4.78 is 0.989. The normalized spacial score (nSPS) is 11.4. The molecular weight excluding hydrogens is 268 g/mol. The van der Waals surface area contributed by atoms with Crippen LogP contribution in [-0.4, -0.2) is 15.9 Å². The molecule has 0 aliphatic rings. The fourth-order valence-electron chi connectivity index (χ4n) is 1.40. The third-order valence-electron chi connectivity index (χ3n) is 2.17. The number of halogens is 1. The van der Waals surface area contributed by atoms with Crippen molar-refractivity contribution in [3.8, 4) is 0 Å². The molecule has 16 heavy (non-hydrogen) atoms. The smallest absolute Gasteiger partial charge is 0.117 e. The van der Waals surface area contributed by atoms with Crippen molar-refractivity contribution >= 4 is 21.6 Å². The van der Waals surface area contributed by atoms with Gasteiger partial charge >= 0.3 is 0 Å². The molecule has 0 spiro atoms. The zero-order chi connectivity index (χ0) is 11.4. The van der Waals surface area contributed by atoms with Gasteiger partial charge in [0.2, 0.25) is 0 Å². The van der Waals surface area contributed by atoms with Crippen molar-refractivity contribution in [1.82, 2.24) is 4.98 Å². The monoisotopic (exact) mass is 276 g/mol. The lowest BCUT2D eigenvalue weighted by Gasteiger charge is -2.04. The van der Waals surface area contributed by atoms with E-state index in [2.05, 4.69) is 26.1 Å². The number of pyridine rings is 1. The Kier molecular flexibility index (Phi) is 3.31. The molecule has 0 aliphatic heterocycles. The lowest BCUT2D eigenvalue weighted by molar-refractivity contribution is 0.319. The zero-order valence-corrected chi connectivity index (χ0v) is 9.92. The average molecular weight is 277 g/mol. The average Bonchev–Trinajstić information content (AvgIpc) is 2.34. The third-order valence-corrected chi connectivity index (χ3v) is 2.70. The summed E-state index contributed by atoms with van der Waals surface area (Å²) >= 11 is 3.36. The van der Waals surface area contributed by atoms with E-state index in [1.165, 1.54) is 0 Å². The van der Waals surface area contributed by atoms with E-state index in [9.17, 15) is 0 Å². The molecule has 1 aromatic heterocycles. The summed E-state index contributed by atoms with van der Waals surface area (Å²) in [4.78, 5) is 3.93. The molecule has 0 bridgehead atoms. The van der Waals surface area contributed by atoms with Gasteiger partial charge in [-0.2, -0.15) is 0 Å². The van der Waals surface area contributed by atoms with E-state index < -0.39 is 0 Å². The molecule has 4 heteroatoms. The van der Waals surface area contributed by atoms with Gasteiger partial charge in [0, 0.05) is 28.0 Å². The lowest BCUT2D eigenvalue weighted by Crippen LogP contribution is -2.02. The number of aromatic nitrogens is 1. The molecule has 1 heterocycles. The molecule has 1 N–H and O–H groups in total. The lowest BCUT2D eigenvalue weighted by atomic mass is 10.0. The number of benzene rings is 1. The van der Waals surface area contributed by atoms with Crippen molar-refractivity contribution in [3.63, 3.8) is 0 Å². The fraction of sp³-hybridized carbons (Fsp3) is 0. The highest BCUT2D eigenvalue weighted by molar-refractivity contribution is 9.10. The van der Waals surface area contributed by atoms with Crippen LogP contribution in [0.15, 0.2) is 58.4 Å². The molecule has 2 rings (SSSR count). The summed E-state index contributed by atoms with van der Waals surface area (Å²) in [5.41, 5.74) is 2.23. The van der Waals surface area contributed by atoms with E-state index in [1.807, 2.05) is 24.3 Å². The Balaban J connectivity index is 2.42. The summed E-state index contributed by atoms with van der Waals surface area (Å²) in [6.45, 7) is 0. The summed E-state index contributed by atoms with van der Waals surface area (Å²) in [5.74, 6) is 0. The summed E-state index contributed by atoms with van der Waals surface area (Å²) in [6.07, 6.45) is 3.33. The maximum absolute atomic E-state index is 9.06. The van der Waals surface area contributed by atoms with Crippen LogP contribution < -0.4 is 0 Å². The first-order valence-corrected chi connectivity index (χ1v) is 5.49. The van der Waals surface area contributed by atoms with Gasteiger partial charge in [0.25, 0.3) is 0 Å². The molecule has 1 aromatic carbocycles. The van der Waals surface area contributed by atoms with Gasteiger partial charge in [0.1, 0.15) is 5.71 Å². The van der Waals surface area contributed by atoms with E-state index in [1.54, 1.807) is 24.5 Å². The van der Waals surface area contributed by atoms with Crippen molar-refractivity contribution in [1.29, 1.82) is 0 Å². The first kappa shape index (κ1) is 10.8. The summed E-state index contributed by atoms with van der Waals surface area (Å²) in [6, 6.07) is 11.2. The molecule has 0 radical (unpaired) electrons. The van der Waals surface area contributed by atoms with Gasteiger partial charge in [-0.15, -0.1) is 0 Å². The van der Waals surface area contributed by atoms with Gasteiger partial charge in [0.05, 0.1) is 0 Å². The standard InChI is InChI=1S/C12H9BrN2O/c13-11-3-1-9(2-4-11)12(15-16)10-5-7-14-8-6-10/h1-8,16H/b15-12+. The van der Waals surface area contributed by atoms with Gasteiger partial charge in [-0.1, -0.05) is 33.2 Å². The van der Waals surface area contributed by atoms with Gasteiger partial charge in [0.15, 0.2) is 0 Å². The minimum atomic E-state index is 0.537. The van der Waals surface area contributed by atoms with Crippen LogP contribution in [0.2, 0.25) is 0 Å². The Morgan fingerprint density at radius 1 is 1.00 bits per heavy atom. The predicted octanol–water partition coefficient (Wildman–Crippen LogP) is 3.07. The maximum atomic E-state index is 9.06. The second-order valence-electron chi connectivity index (χ2n) is 3.19. The molecule has 0 unspecified atom stereocenters. The molecule has 2 aromatic rings. The number of nitrogens with zero attached hydrogens (tertiary/aromatic N) is 2. The molecule has 0 fully saturated rings. The Bertz CT molecular complexity index is 494. The van der Waals surface area contributed by atoms with E-state index in [0.717, 1.165) is 15.6 Å². The Morgan fingerprint density at radius 3 is 2.12 bits per heavy atom. The zero-order valence-electron chi connectivity index (χ0n) is 8.34. The molecule has 0 aliphatic carbocycles. The number of hydrogen-bond donors (Lipinski definition) is 1. The topological polar surface area (TPSA) is 45.5 Å². The van der Waals surface area contributed by atoms with Gasteiger partial charge in [-0.3, -0.25) is 4.98 Å². The minimum absolute atomic E-state index is 0.537. The highest BCUT2D eigenvalue weighted by Gasteiger charge is 2.06. The third kappa shape index (κ3) is 2.28. The second kappa shape index (κ2) is 4.90.